The summed E-state index contributed by atoms with van der Waals surface area (Å²) in [4.78, 5) is 29.4. The number of carbonyl (C=O) groups is 2. The first-order chi connectivity index (χ1) is 10.2. The Kier molecular flexibility index (Phi) is 3.35. The maximum Gasteiger partial charge on any atom is 0.259 e. The summed E-state index contributed by atoms with van der Waals surface area (Å²) in [5.74, 6) is -0.280. The summed E-state index contributed by atoms with van der Waals surface area (Å²) >= 11 is 0. The topological polar surface area (TPSA) is 68.1 Å². The normalized spacial score (nSPS) is 15.6. The van der Waals surface area contributed by atoms with Crippen LogP contribution in [0.4, 0.5) is 5.69 Å². The molecule has 0 aliphatic carbocycles. The number of amides is 1. The van der Waals surface area contributed by atoms with E-state index in [0.717, 1.165) is 11.3 Å². The zero-order chi connectivity index (χ0) is 14.8. The van der Waals surface area contributed by atoms with E-state index in [9.17, 15) is 9.59 Å². The van der Waals surface area contributed by atoms with Gasteiger partial charge in [-0.3, -0.25) is 14.3 Å². The first-order valence-electron chi connectivity index (χ1n) is 6.63. The van der Waals surface area contributed by atoms with Crippen molar-refractivity contribution in [3.8, 4) is 0 Å². The Hall–Kier alpha value is -2.76. The van der Waals surface area contributed by atoms with Crippen molar-refractivity contribution < 1.29 is 9.59 Å². The van der Waals surface area contributed by atoms with E-state index in [1.165, 1.54) is 19.3 Å². The van der Waals surface area contributed by atoms with Crippen molar-refractivity contribution in [2.24, 2.45) is 0 Å². The molecule has 0 spiro atoms. The number of hydrogen-bond donors (Lipinski definition) is 0. The number of nitrogens with zero attached hydrogens (tertiary/aromatic N) is 4. The standard InChI is InChI=1S/C15H14N4O2/c1-11(20)8-13-12-4-2-3-5-14(12)19(15(13)21)7-6-18-10-16-9-17-18/h2-5,8-10H,6-7H2,1H3/b13-8-. The Morgan fingerprint density at radius 2 is 2.10 bits per heavy atom. The van der Waals surface area contributed by atoms with Gasteiger partial charge in [0, 0.05) is 12.1 Å². The van der Waals surface area contributed by atoms with Gasteiger partial charge < -0.3 is 4.90 Å². The second kappa shape index (κ2) is 5.32. The van der Waals surface area contributed by atoms with Crippen LogP contribution < -0.4 is 4.90 Å². The second-order valence-corrected chi connectivity index (χ2v) is 4.80. The minimum Gasteiger partial charge on any atom is -0.306 e. The molecule has 1 aromatic heterocycles. The van der Waals surface area contributed by atoms with E-state index < -0.39 is 0 Å². The highest BCUT2D eigenvalue weighted by atomic mass is 16.2. The molecule has 3 rings (SSSR count). The van der Waals surface area contributed by atoms with Gasteiger partial charge in [-0.25, -0.2) is 4.98 Å². The molecule has 0 saturated carbocycles. The largest absolute Gasteiger partial charge is 0.306 e. The molecule has 6 heteroatoms. The average Bonchev–Trinajstić information content (AvgIpc) is 3.06. The Bertz CT molecular complexity index is 719. The number of benzene rings is 1. The van der Waals surface area contributed by atoms with Crippen LogP contribution in [-0.4, -0.2) is 33.0 Å². The van der Waals surface area contributed by atoms with Crippen LogP contribution in [-0.2, 0) is 16.1 Å². The van der Waals surface area contributed by atoms with Gasteiger partial charge in [0.05, 0.1) is 17.8 Å². The molecule has 21 heavy (non-hydrogen) atoms. The molecule has 1 aliphatic heterocycles. The van der Waals surface area contributed by atoms with Gasteiger partial charge in [0.15, 0.2) is 5.78 Å². The molecule has 2 heterocycles. The number of fused-ring (bicyclic) bond motifs is 1. The van der Waals surface area contributed by atoms with Gasteiger partial charge in [-0.05, 0) is 19.1 Å². The molecule has 0 bridgehead atoms. The molecular formula is C15H14N4O2. The number of rotatable bonds is 4. The van der Waals surface area contributed by atoms with Crippen LogP contribution >= 0.6 is 0 Å². The summed E-state index contributed by atoms with van der Waals surface area (Å²) < 4.78 is 1.67. The second-order valence-electron chi connectivity index (χ2n) is 4.80. The van der Waals surface area contributed by atoms with Gasteiger partial charge in [-0.2, -0.15) is 5.10 Å². The van der Waals surface area contributed by atoms with Crippen LogP contribution in [0.25, 0.3) is 5.57 Å². The molecule has 2 aromatic rings. The first-order valence-corrected chi connectivity index (χ1v) is 6.63. The van der Waals surface area contributed by atoms with E-state index in [-0.39, 0.29) is 11.7 Å². The summed E-state index contributed by atoms with van der Waals surface area (Å²) in [5.41, 5.74) is 2.09. The summed E-state index contributed by atoms with van der Waals surface area (Å²) in [6.45, 7) is 2.48. The molecular weight excluding hydrogens is 268 g/mol. The van der Waals surface area contributed by atoms with Gasteiger partial charge >= 0.3 is 0 Å². The molecule has 0 saturated heterocycles. The van der Waals surface area contributed by atoms with Crippen molar-refractivity contribution in [1.82, 2.24) is 14.8 Å². The highest BCUT2D eigenvalue weighted by Crippen LogP contribution is 2.36. The van der Waals surface area contributed by atoms with Crippen molar-refractivity contribution in [3.63, 3.8) is 0 Å². The number of anilines is 1. The number of ketones is 1. The number of carbonyl (C=O) groups excluding carboxylic acids is 2. The van der Waals surface area contributed by atoms with E-state index in [1.54, 1.807) is 15.9 Å². The minimum absolute atomic E-state index is 0.133. The summed E-state index contributed by atoms with van der Waals surface area (Å²) in [7, 11) is 0. The van der Waals surface area contributed by atoms with E-state index >= 15 is 0 Å². The van der Waals surface area contributed by atoms with Crippen molar-refractivity contribution in [2.45, 2.75) is 13.5 Å². The zero-order valence-electron chi connectivity index (χ0n) is 11.6. The van der Waals surface area contributed by atoms with Crippen LogP contribution in [0.15, 0.2) is 43.0 Å². The van der Waals surface area contributed by atoms with Crippen molar-refractivity contribution >= 4 is 23.0 Å². The number of aromatic nitrogens is 3. The van der Waals surface area contributed by atoms with Crippen LogP contribution in [0.5, 0.6) is 0 Å². The van der Waals surface area contributed by atoms with Crippen molar-refractivity contribution in [2.75, 3.05) is 11.4 Å². The summed E-state index contributed by atoms with van der Waals surface area (Å²) in [5, 5.41) is 4.02. The third-order valence-corrected chi connectivity index (χ3v) is 3.33. The van der Waals surface area contributed by atoms with Gasteiger partial charge in [-0.1, -0.05) is 18.2 Å². The van der Waals surface area contributed by atoms with E-state index in [0.29, 0.717) is 18.7 Å². The van der Waals surface area contributed by atoms with Gasteiger partial charge in [0.2, 0.25) is 0 Å². The average molecular weight is 282 g/mol. The lowest BCUT2D eigenvalue weighted by Gasteiger charge is -2.16. The summed E-state index contributed by atoms with van der Waals surface area (Å²) in [6.07, 6.45) is 4.47. The maximum absolute atomic E-state index is 12.5. The Morgan fingerprint density at radius 3 is 2.81 bits per heavy atom. The first kappa shape index (κ1) is 13.2. The molecule has 0 unspecified atom stereocenters. The lowest BCUT2D eigenvalue weighted by atomic mass is 10.1. The third kappa shape index (κ3) is 2.47. The maximum atomic E-state index is 12.5. The van der Waals surface area contributed by atoms with Gasteiger partial charge in [0.25, 0.3) is 5.91 Å². The third-order valence-electron chi connectivity index (χ3n) is 3.33. The van der Waals surface area contributed by atoms with Crippen LogP contribution in [0, 0.1) is 0 Å². The molecule has 0 atom stereocenters. The fourth-order valence-corrected chi connectivity index (χ4v) is 2.42. The van der Waals surface area contributed by atoms with Crippen LogP contribution in [0.3, 0.4) is 0 Å². The zero-order valence-corrected chi connectivity index (χ0v) is 11.6. The number of para-hydroxylation sites is 1. The Balaban J connectivity index is 1.91. The highest BCUT2D eigenvalue weighted by Gasteiger charge is 2.31. The molecule has 0 N–H and O–H groups in total. The molecule has 0 radical (unpaired) electrons. The predicted octanol–water partition coefficient (Wildman–Crippen LogP) is 1.30. The van der Waals surface area contributed by atoms with Gasteiger partial charge in [-0.15, -0.1) is 0 Å². The Morgan fingerprint density at radius 1 is 1.29 bits per heavy atom. The lowest BCUT2D eigenvalue weighted by molar-refractivity contribution is -0.114. The lowest BCUT2D eigenvalue weighted by Crippen LogP contribution is -2.30. The van der Waals surface area contributed by atoms with Crippen molar-refractivity contribution in [1.29, 1.82) is 0 Å². The fourth-order valence-electron chi connectivity index (χ4n) is 2.42. The molecule has 6 nitrogen and oxygen atoms in total. The summed E-state index contributed by atoms with van der Waals surface area (Å²) in [6, 6.07) is 7.49. The predicted molar refractivity (Wildman–Crippen MR) is 77.5 cm³/mol. The smallest absolute Gasteiger partial charge is 0.259 e. The Labute approximate surface area is 121 Å². The molecule has 106 valence electrons. The van der Waals surface area contributed by atoms with E-state index in [2.05, 4.69) is 10.1 Å². The van der Waals surface area contributed by atoms with Gasteiger partial charge in [0.1, 0.15) is 12.7 Å². The fraction of sp³-hybridized carbons (Fsp3) is 0.200. The quantitative estimate of drug-likeness (QED) is 0.793. The van der Waals surface area contributed by atoms with Crippen molar-refractivity contribution in [3.05, 3.63) is 48.6 Å². The molecule has 1 aromatic carbocycles. The molecule has 1 amide bonds. The molecule has 0 fully saturated rings. The monoisotopic (exact) mass is 282 g/mol. The van der Waals surface area contributed by atoms with Crippen LogP contribution in [0.1, 0.15) is 12.5 Å². The number of allylic oxidation sites excluding steroid dienone is 1. The SMILES string of the molecule is CC(=O)/C=C1\C(=O)N(CCn2cncn2)c2ccccc21. The highest BCUT2D eigenvalue weighted by molar-refractivity contribution is 6.34. The number of hydrogen-bond acceptors (Lipinski definition) is 4. The molecule has 1 aliphatic rings. The van der Waals surface area contributed by atoms with Crippen LogP contribution in [0.2, 0.25) is 0 Å². The minimum atomic E-state index is -0.147. The van der Waals surface area contributed by atoms with E-state index in [4.69, 9.17) is 0 Å². The van der Waals surface area contributed by atoms with E-state index in [1.807, 2.05) is 24.3 Å².